The Morgan fingerprint density at radius 2 is 0.967 bits per heavy atom. The zero-order valence-corrected chi connectivity index (χ0v) is 20.8. The summed E-state index contributed by atoms with van der Waals surface area (Å²) in [4.78, 5) is 4.15. The molecule has 1 nitrogen and oxygen atoms in total. The third kappa shape index (κ3) is 5.86. The molecule has 0 radical (unpaired) electrons. The average Bonchev–Trinajstić information content (AvgIpc) is 3.17. The summed E-state index contributed by atoms with van der Waals surface area (Å²) in [5.74, 6) is 0. The molecular formula is C25H20AuNPS2+. The second-order valence-electron chi connectivity index (χ2n) is 6.42. The molecule has 1 aromatic heterocycles. The van der Waals surface area contributed by atoms with Crippen LogP contribution in [-0.4, -0.2) is 4.98 Å². The monoisotopic (exact) mass is 626 g/mol. The normalized spacial score (nSPS) is 10.2. The molecule has 5 rings (SSSR count). The Balaban J connectivity index is 0.000000197. The van der Waals surface area contributed by atoms with E-state index in [1.165, 1.54) is 20.6 Å². The Hall–Kier alpha value is -1.84. The number of hydrogen-bond acceptors (Lipinski definition) is 3. The van der Waals surface area contributed by atoms with E-state index in [-0.39, 0.29) is 22.4 Å². The second-order valence-corrected chi connectivity index (χ2v) is 10.6. The Bertz CT molecular complexity index is 1040. The first-order valence-electron chi connectivity index (χ1n) is 9.37. The van der Waals surface area contributed by atoms with E-state index in [2.05, 4.69) is 96.0 Å². The van der Waals surface area contributed by atoms with Gasteiger partial charge < -0.3 is 24.0 Å². The van der Waals surface area contributed by atoms with Crippen molar-refractivity contribution in [2.45, 2.75) is 4.34 Å². The van der Waals surface area contributed by atoms with Gasteiger partial charge in [-0.1, -0.05) is 72.8 Å². The van der Waals surface area contributed by atoms with Crippen molar-refractivity contribution in [2.75, 3.05) is 0 Å². The maximum absolute atomic E-state index is 4.92. The van der Waals surface area contributed by atoms with Crippen molar-refractivity contribution in [1.82, 2.24) is 4.98 Å². The summed E-state index contributed by atoms with van der Waals surface area (Å²) in [5, 5.41) is 4.31. The minimum Gasteiger partial charge on any atom is -0.408 e. The summed E-state index contributed by atoms with van der Waals surface area (Å²) in [6.45, 7) is 0. The van der Waals surface area contributed by atoms with E-state index in [0.29, 0.717) is 0 Å². The van der Waals surface area contributed by atoms with Crippen LogP contribution in [0.15, 0.2) is 120 Å². The number of benzene rings is 4. The topological polar surface area (TPSA) is 12.9 Å². The van der Waals surface area contributed by atoms with E-state index in [9.17, 15) is 0 Å². The van der Waals surface area contributed by atoms with Gasteiger partial charge in [-0.2, -0.15) is 0 Å². The molecule has 0 aliphatic heterocycles. The van der Waals surface area contributed by atoms with Crippen LogP contribution in [0.3, 0.4) is 0 Å². The summed E-state index contributed by atoms with van der Waals surface area (Å²) >= 11 is 6.48. The van der Waals surface area contributed by atoms with Crippen LogP contribution in [0.25, 0.3) is 10.2 Å². The Kier molecular flexibility index (Phi) is 8.77. The smallest absolute Gasteiger partial charge is 0.408 e. The van der Waals surface area contributed by atoms with Crippen LogP contribution in [-0.2, 0) is 35.0 Å². The minimum absolute atomic E-state index is 0. The molecule has 0 bridgehead atoms. The molecule has 0 aliphatic rings. The summed E-state index contributed by atoms with van der Waals surface area (Å²) in [6, 6.07) is 40.5. The number of thiazole rings is 1. The predicted octanol–water partition coefficient (Wildman–Crippen LogP) is 5.38. The third-order valence-electron chi connectivity index (χ3n) is 4.46. The van der Waals surface area contributed by atoms with Gasteiger partial charge in [0.15, 0.2) is 0 Å². The van der Waals surface area contributed by atoms with E-state index in [0.717, 1.165) is 9.86 Å². The number of hydrogen-bond donors (Lipinski definition) is 0. The first-order valence-corrected chi connectivity index (χ1v) is 12.1. The van der Waals surface area contributed by atoms with Gasteiger partial charge in [0.1, 0.15) is 15.9 Å². The van der Waals surface area contributed by atoms with Gasteiger partial charge in [-0.05, 0) is 51.5 Å². The van der Waals surface area contributed by atoms with Crippen molar-refractivity contribution >= 4 is 58.0 Å². The van der Waals surface area contributed by atoms with Crippen LogP contribution in [0.4, 0.5) is 0 Å². The molecule has 0 N–H and O–H groups in total. The predicted molar refractivity (Wildman–Crippen MR) is 132 cm³/mol. The fourth-order valence-electron chi connectivity index (χ4n) is 3.17. The molecule has 0 atom stereocenters. The number of para-hydroxylation sites is 1. The molecule has 4 aromatic carbocycles. The van der Waals surface area contributed by atoms with Crippen molar-refractivity contribution in [3.05, 3.63) is 115 Å². The van der Waals surface area contributed by atoms with E-state index in [1.807, 2.05) is 24.3 Å². The molecule has 0 amide bonds. The van der Waals surface area contributed by atoms with Crippen LogP contribution < -0.4 is 15.9 Å². The zero-order valence-electron chi connectivity index (χ0n) is 16.0. The number of rotatable bonds is 3. The van der Waals surface area contributed by atoms with Crippen molar-refractivity contribution in [3.8, 4) is 0 Å². The molecule has 0 spiro atoms. The Labute approximate surface area is 203 Å². The molecule has 30 heavy (non-hydrogen) atoms. The van der Waals surface area contributed by atoms with Gasteiger partial charge in [0.25, 0.3) is 0 Å². The van der Waals surface area contributed by atoms with Crippen molar-refractivity contribution in [1.29, 1.82) is 0 Å². The van der Waals surface area contributed by atoms with Gasteiger partial charge in [-0.15, -0.1) is 0 Å². The fraction of sp³-hybridized carbons (Fsp3) is 0. The molecule has 5 heteroatoms. The summed E-state index contributed by atoms with van der Waals surface area (Å²) in [6.07, 6.45) is 0. The van der Waals surface area contributed by atoms with Crippen molar-refractivity contribution in [3.63, 3.8) is 0 Å². The van der Waals surface area contributed by atoms with Gasteiger partial charge in [-0.3, -0.25) is 4.98 Å². The summed E-state index contributed by atoms with van der Waals surface area (Å²) in [7, 11) is -0.877. The second kappa shape index (κ2) is 11.5. The van der Waals surface area contributed by atoms with Crippen LogP contribution in [0.2, 0.25) is 0 Å². The summed E-state index contributed by atoms with van der Waals surface area (Å²) < 4.78 is 1.90. The van der Waals surface area contributed by atoms with E-state index >= 15 is 0 Å². The quantitative estimate of drug-likeness (QED) is 0.152. The number of fused-ring (bicyclic) bond motifs is 1. The largest absolute Gasteiger partial charge is 1.00 e. The van der Waals surface area contributed by atoms with Gasteiger partial charge in [-0.25, -0.2) is 0 Å². The maximum Gasteiger partial charge on any atom is 1.00 e. The van der Waals surface area contributed by atoms with E-state index < -0.39 is 7.92 Å². The maximum atomic E-state index is 4.92. The molecular weight excluding hydrogens is 606 g/mol. The minimum atomic E-state index is -0.877. The van der Waals surface area contributed by atoms with Crippen LogP contribution >= 0.6 is 19.3 Å². The Morgan fingerprint density at radius 1 is 0.567 bits per heavy atom. The molecule has 0 fully saturated rings. The molecule has 0 aliphatic carbocycles. The first kappa shape index (κ1) is 22.8. The van der Waals surface area contributed by atoms with Crippen molar-refractivity contribution < 1.29 is 22.4 Å². The van der Waals surface area contributed by atoms with Crippen LogP contribution in [0.5, 0.6) is 0 Å². The molecule has 0 unspecified atom stereocenters. The van der Waals surface area contributed by atoms with Gasteiger partial charge >= 0.3 is 22.4 Å². The number of aromatic nitrogens is 1. The number of nitrogens with zero attached hydrogens (tertiary/aromatic N) is 1. The SMILES string of the molecule is [Au+].[S-]c1nc2ccccc2s1.c1ccc([PH+](c2ccccc2)c2ccccc2)cc1. The fourth-order valence-corrected chi connectivity index (χ4v) is 6.81. The molecule has 1 heterocycles. The zero-order chi connectivity index (χ0) is 19.9. The van der Waals surface area contributed by atoms with Gasteiger partial charge in [0.2, 0.25) is 0 Å². The van der Waals surface area contributed by atoms with Crippen LogP contribution in [0, 0.1) is 0 Å². The molecule has 5 aromatic rings. The van der Waals surface area contributed by atoms with Crippen molar-refractivity contribution in [2.24, 2.45) is 0 Å². The Morgan fingerprint density at radius 3 is 1.40 bits per heavy atom. The third-order valence-corrected chi connectivity index (χ3v) is 8.37. The van der Waals surface area contributed by atoms with E-state index in [4.69, 9.17) is 12.6 Å². The van der Waals surface area contributed by atoms with Gasteiger partial charge in [0, 0.05) is 0 Å². The summed E-state index contributed by atoms with van der Waals surface area (Å²) in [5.41, 5.74) is 1.01. The molecule has 0 saturated carbocycles. The average molecular weight is 627 g/mol. The molecule has 0 saturated heterocycles. The molecule has 152 valence electrons. The van der Waals surface area contributed by atoms with E-state index in [1.54, 1.807) is 11.3 Å². The standard InChI is InChI=1S/C18H15P.C7H5NS2.Au/c1-4-10-16(11-5-1)19(17-12-6-2-7-13-17)18-14-8-3-9-15-18;9-7-8-5-3-1-2-4-6(5)10-7;/h1-15H;1-4H,(H,8,9);/q;;+1. The van der Waals surface area contributed by atoms with Gasteiger partial charge in [0.05, 0.1) is 13.4 Å². The first-order chi connectivity index (χ1) is 14.3. The van der Waals surface area contributed by atoms with Crippen LogP contribution in [0.1, 0.15) is 0 Å².